The van der Waals surface area contributed by atoms with Crippen molar-refractivity contribution in [1.82, 2.24) is 4.90 Å². The highest BCUT2D eigenvalue weighted by Crippen LogP contribution is 2.32. The third-order valence-electron chi connectivity index (χ3n) is 3.06. The molecule has 0 aromatic heterocycles. The van der Waals surface area contributed by atoms with Crippen LogP contribution in [0.5, 0.6) is 0 Å². The minimum absolute atomic E-state index is 0.0644. The van der Waals surface area contributed by atoms with E-state index in [1.165, 1.54) is 0 Å². The van der Waals surface area contributed by atoms with Gasteiger partial charge in [-0.25, -0.2) is 0 Å². The van der Waals surface area contributed by atoms with Gasteiger partial charge in [0, 0.05) is 15.5 Å². The zero-order chi connectivity index (χ0) is 15.8. The molecule has 0 aliphatic carbocycles. The van der Waals surface area contributed by atoms with Crippen molar-refractivity contribution in [2.45, 2.75) is 26.7 Å². The second-order valence-corrected chi connectivity index (χ2v) is 6.71. The molecule has 0 atom stereocenters. The van der Waals surface area contributed by atoms with Gasteiger partial charge < -0.3 is 10.4 Å². The lowest BCUT2D eigenvalue weighted by Gasteiger charge is -2.21. The number of hydrogen-bond donors (Lipinski definition) is 2. The van der Waals surface area contributed by atoms with Crippen LogP contribution in [0.3, 0.4) is 0 Å². The number of carbonyl (C=O) groups is 1. The summed E-state index contributed by atoms with van der Waals surface area (Å²) in [7, 11) is 0. The lowest BCUT2D eigenvalue weighted by atomic mass is 10.2. The van der Waals surface area contributed by atoms with Gasteiger partial charge >= 0.3 is 0 Å². The Hall–Kier alpha value is -0.430. The number of aryl methyl sites for hydroxylation is 1. The van der Waals surface area contributed by atoms with Crippen LogP contribution in [-0.2, 0) is 4.79 Å². The van der Waals surface area contributed by atoms with Crippen molar-refractivity contribution >= 4 is 43.5 Å². The van der Waals surface area contributed by atoms with Gasteiger partial charge in [-0.3, -0.25) is 9.69 Å². The number of nitrogens with zero attached hydrogens (tertiary/aromatic N) is 1. The Morgan fingerprint density at radius 1 is 1.29 bits per heavy atom. The predicted octanol–water partition coefficient (Wildman–Crippen LogP) is 3.55. The number of anilines is 1. The van der Waals surface area contributed by atoms with Crippen molar-refractivity contribution in [2.24, 2.45) is 0 Å². The van der Waals surface area contributed by atoms with Crippen molar-refractivity contribution in [1.29, 1.82) is 0 Å². The molecule has 0 aliphatic rings. The Morgan fingerprint density at radius 3 is 2.43 bits per heavy atom. The minimum atomic E-state index is -0.0789. The zero-order valence-electron chi connectivity index (χ0n) is 12.5. The van der Waals surface area contributed by atoms with E-state index in [-0.39, 0.29) is 19.1 Å². The average molecular weight is 422 g/mol. The van der Waals surface area contributed by atoms with Gasteiger partial charge in [0.15, 0.2) is 0 Å². The topological polar surface area (TPSA) is 52.6 Å². The van der Waals surface area contributed by atoms with E-state index in [0.29, 0.717) is 6.54 Å². The van der Waals surface area contributed by atoms with Gasteiger partial charge in [-0.1, -0.05) is 13.3 Å². The van der Waals surface area contributed by atoms with E-state index in [0.717, 1.165) is 39.6 Å². The van der Waals surface area contributed by atoms with E-state index in [1.54, 1.807) is 0 Å². The molecule has 0 heterocycles. The lowest BCUT2D eigenvalue weighted by Crippen LogP contribution is -2.36. The number of halogens is 2. The first kappa shape index (κ1) is 18.6. The second kappa shape index (κ2) is 9.56. The summed E-state index contributed by atoms with van der Waals surface area (Å²) in [6, 6.07) is 3.92. The molecule has 118 valence electrons. The maximum atomic E-state index is 12.2. The molecule has 0 aliphatic heterocycles. The first-order chi connectivity index (χ1) is 9.97. The third kappa shape index (κ3) is 6.46. The number of hydrogen-bond acceptors (Lipinski definition) is 3. The smallest absolute Gasteiger partial charge is 0.238 e. The van der Waals surface area contributed by atoms with Crippen LogP contribution in [0.15, 0.2) is 21.1 Å². The van der Waals surface area contributed by atoms with Crippen LogP contribution in [0.25, 0.3) is 0 Å². The molecule has 0 radical (unpaired) electrons. The van der Waals surface area contributed by atoms with E-state index >= 15 is 0 Å². The molecule has 0 spiro atoms. The lowest BCUT2D eigenvalue weighted by molar-refractivity contribution is -0.117. The molecule has 0 fully saturated rings. The highest BCUT2D eigenvalue weighted by molar-refractivity contribution is 9.11. The number of aliphatic hydroxyl groups excluding tert-OH is 1. The summed E-state index contributed by atoms with van der Waals surface area (Å²) in [4.78, 5) is 14.1. The SMILES string of the molecule is CCCCN(CCO)CC(=O)Nc1c(Br)cc(C)cc1Br. The van der Waals surface area contributed by atoms with Crippen molar-refractivity contribution in [3.8, 4) is 0 Å². The molecule has 0 saturated heterocycles. The molecular formula is C15H22Br2N2O2. The maximum absolute atomic E-state index is 12.2. The molecule has 1 rings (SSSR count). The normalized spacial score (nSPS) is 11.0. The standard InChI is InChI=1S/C15H22Br2N2O2/c1-3-4-5-19(6-7-20)10-14(21)18-15-12(16)8-11(2)9-13(15)17/h8-9,20H,3-7,10H2,1-2H3,(H,18,21). The van der Waals surface area contributed by atoms with Crippen LogP contribution < -0.4 is 5.32 Å². The number of benzene rings is 1. The Kier molecular flexibility index (Phi) is 8.48. The van der Waals surface area contributed by atoms with Crippen LogP contribution in [0.1, 0.15) is 25.3 Å². The van der Waals surface area contributed by atoms with Crippen molar-refractivity contribution in [3.63, 3.8) is 0 Å². The Bertz CT molecular complexity index is 458. The summed E-state index contributed by atoms with van der Waals surface area (Å²) in [5, 5.41) is 12.0. The summed E-state index contributed by atoms with van der Waals surface area (Å²) in [6.07, 6.45) is 2.09. The van der Waals surface area contributed by atoms with Crippen molar-refractivity contribution in [2.75, 3.05) is 31.6 Å². The van der Waals surface area contributed by atoms with Crippen LogP contribution in [0.4, 0.5) is 5.69 Å². The largest absolute Gasteiger partial charge is 0.395 e. The number of aliphatic hydroxyl groups is 1. The molecule has 6 heteroatoms. The Balaban J connectivity index is 2.67. The molecule has 21 heavy (non-hydrogen) atoms. The number of unbranched alkanes of at least 4 members (excludes halogenated alkanes) is 1. The maximum Gasteiger partial charge on any atom is 0.238 e. The molecule has 0 unspecified atom stereocenters. The average Bonchev–Trinajstić information content (AvgIpc) is 2.40. The molecular weight excluding hydrogens is 400 g/mol. The summed E-state index contributed by atoms with van der Waals surface area (Å²) >= 11 is 6.93. The van der Waals surface area contributed by atoms with E-state index in [4.69, 9.17) is 5.11 Å². The fraction of sp³-hybridized carbons (Fsp3) is 0.533. The van der Waals surface area contributed by atoms with Gasteiger partial charge in [0.25, 0.3) is 0 Å². The molecule has 1 amide bonds. The van der Waals surface area contributed by atoms with Gasteiger partial charge in [-0.05, 0) is 69.4 Å². The summed E-state index contributed by atoms with van der Waals surface area (Å²) in [5.74, 6) is -0.0789. The molecule has 1 aromatic carbocycles. The van der Waals surface area contributed by atoms with Crippen molar-refractivity contribution in [3.05, 3.63) is 26.6 Å². The van der Waals surface area contributed by atoms with E-state index in [9.17, 15) is 4.79 Å². The van der Waals surface area contributed by atoms with Crippen LogP contribution >= 0.6 is 31.9 Å². The van der Waals surface area contributed by atoms with Gasteiger partial charge in [0.1, 0.15) is 0 Å². The van der Waals surface area contributed by atoms with Gasteiger partial charge in [-0.2, -0.15) is 0 Å². The summed E-state index contributed by atoms with van der Waals surface area (Å²) in [6.45, 7) is 5.79. The van der Waals surface area contributed by atoms with Gasteiger partial charge in [0.2, 0.25) is 5.91 Å². The first-order valence-corrected chi connectivity index (χ1v) is 8.65. The quantitative estimate of drug-likeness (QED) is 0.674. The van der Waals surface area contributed by atoms with Crippen LogP contribution in [-0.4, -0.2) is 42.2 Å². The molecule has 1 aromatic rings. The summed E-state index contributed by atoms with van der Waals surface area (Å²) < 4.78 is 1.70. The van der Waals surface area contributed by atoms with Crippen LogP contribution in [0, 0.1) is 6.92 Å². The number of rotatable bonds is 8. The fourth-order valence-electron chi connectivity index (χ4n) is 1.99. The van der Waals surface area contributed by atoms with Crippen LogP contribution in [0.2, 0.25) is 0 Å². The second-order valence-electron chi connectivity index (χ2n) is 5.01. The molecule has 2 N–H and O–H groups in total. The Labute approximate surface area is 143 Å². The predicted molar refractivity (Wildman–Crippen MR) is 93.6 cm³/mol. The van der Waals surface area contributed by atoms with E-state index in [2.05, 4.69) is 44.1 Å². The van der Waals surface area contributed by atoms with Crippen molar-refractivity contribution < 1.29 is 9.90 Å². The number of nitrogens with one attached hydrogen (secondary N) is 1. The fourth-order valence-corrected chi connectivity index (χ4v) is 3.61. The minimum Gasteiger partial charge on any atom is -0.395 e. The van der Waals surface area contributed by atoms with Gasteiger partial charge in [-0.15, -0.1) is 0 Å². The highest BCUT2D eigenvalue weighted by atomic mass is 79.9. The van der Waals surface area contributed by atoms with E-state index < -0.39 is 0 Å². The summed E-state index contributed by atoms with van der Waals surface area (Å²) in [5.41, 5.74) is 1.85. The zero-order valence-corrected chi connectivity index (χ0v) is 15.6. The number of amides is 1. The molecule has 0 saturated carbocycles. The highest BCUT2D eigenvalue weighted by Gasteiger charge is 2.13. The number of carbonyl (C=O) groups excluding carboxylic acids is 1. The molecule has 0 bridgehead atoms. The monoisotopic (exact) mass is 420 g/mol. The third-order valence-corrected chi connectivity index (χ3v) is 4.31. The van der Waals surface area contributed by atoms with Gasteiger partial charge in [0.05, 0.1) is 18.8 Å². The first-order valence-electron chi connectivity index (χ1n) is 7.06. The Morgan fingerprint density at radius 2 is 1.90 bits per heavy atom. The van der Waals surface area contributed by atoms with E-state index in [1.807, 2.05) is 24.0 Å². The molecule has 4 nitrogen and oxygen atoms in total.